The molecule has 10 nitrogen and oxygen atoms in total. The van der Waals surface area contributed by atoms with Crippen LogP contribution in [-0.4, -0.2) is 78.5 Å². The van der Waals surface area contributed by atoms with E-state index in [1.807, 2.05) is 0 Å². The van der Waals surface area contributed by atoms with Gasteiger partial charge < -0.3 is 14.2 Å². The van der Waals surface area contributed by atoms with E-state index in [4.69, 9.17) is 27.8 Å². The van der Waals surface area contributed by atoms with E-state index in [1.165, 1.54) is 0 Å². The maximum atomic E-state index is 14.5. The van der Waals surface area contributed by atoms with E-state index in [9.17, 15) is 18.9 Å². The molecule has 0 radical (unpaired) electrons. The van der Waals surface area contributed by atoms with Gasteiger partial charge in [-0.3, -0.25) is 28.0 Å². The van der Waals surface area contributed by atoms with Crippen LogP contribution in [0.3, 0.4) is 0 Å². The van der Waals surface area contributed by atoms with Crippen molar-refractivity contribution in [2.45, 2.75) is 150 Å². The third kappa shape index (κ3) is 16.0. The quantitative estimate of drug-likeness (QED) is 0.0594. The summed E-state index contributed by atoms with van der Waals surface area (Å²) in [6, 6.07) is 0. The van der Waals surface area contributed by atoms with Gasteiger partial charge in [-0.1, -0.05) is 19.7 Å². The van der Waals surface area contributed by atoms with Gasteiger partial charge in [0.05, 0.1) is 24.4 Å². The van der Waals surface area contributed by atoms with Crippen molar-refractivity contribution in [2.24, 2.45) is 0 Å². The summed E-state index contributed by atoms with van der Waals surface area (Å²) < 4.78 is 50.7. The fourth-order valence-electron chi connectivity index (χ4n) is 4.50. The smallest absolute Gasteiger partial charge is 0.367 e. The van der Waals surface area contributed by atoms with Crippen LogP contribution < -0.4 is 0 Å². The first-order valence-electron chi connectivity index (χ1n) is 16.1. The molecule has 12 heteroatoms. The van der Waals surface area contributed by atoms with Crippen molar-refractivity contribution in [3.8, 4) is 0 Å². The SMILES string of the molecule is BC(C)(CCOC(C)(C)C(=O)C(=C)C)OP(=O)(OC(C)(C)CCOC(C)(C)C(=O)C(=C)C)OC(C)(C)CCOC(C)(C)C(=O)C(=C)C. The molecule has 0 bridgehead atoms. The first-order chi connectivity index (χ1) is 20.8. The molecular formula is C35H62BO10P. The zero-order valence-electron chi connectivity index (χ0n) is 31.9. The summed E-state index contributed by atoms with van der Waals surface area (Å²) in [5, 5.41) is 0. The largest absolute Gasteiger partial charge is 0.475 e. The molecule has 0 aliphatic rings. The third-order valence-electron chi connectivity index (χ3n) is 7.38. The van der Waals surface area contributed by atoms with Crippen molar-refractivity contribution in [2.75, 3.05) is 19.8 Å². The summed E-state index contributed by atoms with van der Waals surface area (Å²) >= 11 is 0. The topological polar surface area (TPSA) is 124 Å². The van der Waals surface area contributed by atoms with Crippen molar-refractivity contribution in [1.29, 1.82) is 0 Å². The Kier molecular flexibility index (Phi) is 16.2. The van der Waals surface area contributed by atoms with Gasteiger partial charge >= 0.3 is 7.82 Å². The summed E-state index contributed by atoms with van der Waals surface area (Å²) in [6.07, 6.45) is 0.744. The van der Waals surface area contributed by atoms with Crippen LogP contribution in [0.2, 0.25) is 0 Å². The van der Waals surface area contributed by atoms with E-state index in [-0.39, 0.29) is 56.4 Å². The fourth-order valence-corrected chi connectivity index (χ4v) is 6.70. The number of rotatable bonds is 24. The lowest BCUT2D eigenvalue weighted by Crippen LogP contribution is -2.40. The van der Waals surface area contributed by atoms with Crippen LogP contribution in [0.5, 0.6) is 0 Å². The summed E-state index contributed by atoms with van der Waals surface area (Å²) in [7, 11) is -2.61. The normalized spacial score (nSPS) is 14.8. The maximum absolute atomic E-state index is 14.5. The molecular weight excluding hydrogens is 622 g/mol. The second kappa shape index (κ2) is 16.8. The minimum Gasteiger partial charge on any atom is -0.367 e. The predicted octanol–water partition coefficient (Wildman–Crippen LogP) is 7.04. The van der Waals surface area contributed by atoms with E-state index in [0.29, 0.717) is 16.7 Å². The molecule has 0 rings (SSSR count). The van der Waals surface area contributed by atoms with E-state index >= 15 is 0 Å². The molecule has 1 unspecified atom stereocenters. The molecule has 0 N–H and O–H groups in total. The molecule has 0 saturated carbocycles. The van der Waals surface area contributed by atoms with Crippen LogP contribution >= 0.6 is 7.82 Å². The lowest BCUT2D eigenvalue weighted by molar-refractivity contribution is -0.139. The first kappa shape index (κ1) is 45.3. The van der Waals surface area contributed by atoms with Crippen molar-refractivity contribution >= 4 is 33.0 Å². The van der Waals surface area contributed by atoms with Gasteiger partial charge in [0.15, 0.2) is 17.3 Å². The number of carbonyl (C=O) groups excluding carboxylic acids is 3. The van der Waals surface area contributed by atoms with Crippen molar-refractivity contribution in [3.63, 3.8) is 0 Å². The Bertz CT molecular complexity index is 1080. The van der Waals surface area contributed by atoms with Crippen LogP contribution in [-0.2, 0) is 46.7 Å². The van der Waals surface area contributed by atoms with Crippen molar-refractivity contribution in [1.82, 2.24) is 0 Å². The van der Waals surface area contributed by atoms with Gasteiger partial charge in [-0.05, 0) is 133 Å². The van der Waals surface area contributed by atoms with E-state index < -0.39 is 41.3 Å². The number of ketones is 3. The lowest BCUT2D eigenvalue weighted by atomic mass is 9.81. The Morgan fingerprint density at radius 3 is 1.04 bits per heavy atom. The van der Waals surface area contributed by atoms with Crippen molar-refractivity contribution < 1.29 is 46.7 Å². The molecule has 270 valence electrons. The first-order valence-corrected chi connectivity index (χ1v) is 17.5. The zero-order chi connectivity index (χ0) is 37.4. The van der Waals surface area contributed by atoms with Crippen LogP contribution in [0, 0.1) is 0 Å². The molecule has 0 amide bonds. The highest BCUT2D eigenvalue weighted by atomic mass is 31.2. The number of hydrogen-bond donors (Lipinski definition) is 0. The minimum atomic E-state index is -4.34. The van der Waals surface area contributed by atoms with Gasteiger partial charge in [-0.15, -0.1) is 0 Å². The molecule has 47 heavy (non-hydrogen) atoms. The number of ether oxygens (including phenoxy) is 3. The summed E-state index contributed by atoms with van der Waals surface area (Å²) in [6.45, 7) is 35.0. The lowest BCUT2D eigenvalue weighted by Gasteiger charge is -2.39. The number of hydrogen-bond acceptors (Lipinski definition) is 10. The minimum absolute atomic E-state index is 0.116. The Hall–Kier alpha value is -1.72. The standard InChI is InChI=1S/C35H62BO10P/c1-24(2)27(37)32(11,12)41-21-18-30(7,8)44-47(40,45-31(9,10)19-22-42-33(13,14)28(38)25(3)4)46-35(17,36)20-23-43-34(15,16)29(39)26(5)6/h1,3,5,18-23,36H2,2,4,6-17H3. The molecule has 1 atom stereocenters. The number of phosphoric ester groups is 1. The van der Waals surface area contributed by atoms with E-state index in [1.54, 1.807) is 105 Å². The van der Waals surface area contributed by atoms with Gasteiger partial charge in [0, 0.05) is 12.1 Å². The monoisotopic (exact) mass is 684 g/mol. The molecule has 0 fully saturated rings. The molecule has 0 aromatic rings. The highest BCUT2D eigenvalue weighted by molar-refractivity contribution is 7.48. The molecule has 0 aromatic carbocycles. The third-order valence-corrected chi connectivity index (χ3v) is 9.53. The summed E-state index contributed by atoms with van der Waals surface area (Å²) in [4.78, 5) is 37.5. The number of carbonyl (C=O) groups is 3. The number of Topliss-reactive ketones (excluding diaryl/α,β-unsaturated/α-hetero) is 3. The zero-order valence-corrected chi connectivity index (χ0v) is 32.8. The average Bonchev–Trinajstić information content (AvgIpc) is 2.84. The second-order valence-corrected chi connectivity index (χ2v) is 17.1. The molecule has 0 spiro atoms. The van der Waals surface area contributed by atoms with Gasteiger partial charge in [0.2, 0.25) is 0 Å². The van der Waals surface area contributed by atoms with Crippen LogP contribution in [0.1, 0.15) is 116 Å². The number of phosphoric acid groups is 1. The Morgan fingerprint density at radius 1 is 0.532 bits per heavy atom. The van der Waals surface area contributed by atoms with Crippen molar-refractivity contribution in [3.05, 3.63) is 36.5 Å². The molecule has 0 saturated heterocycles. The Morgan fingerprint density at radius 2 is 0.787 bits per heavy atom. The molecule has 0 aromatic heterocycles. The van der Waals surface area contributed by atoms with E-state index in [0.717, 1.165) is 0 Å². The average molecular weight is 685 g/mol. The molecule has 0 aliphatic carbocycles. The van der Waals surface area contributed by atoms with Crippen LogP contribution in [0.15, 0.2) is 36.5 Å². The Labute approximate surface area is 285 Å². The van der Waals surface area contributed by atoms with Crippen LogP contribution in [0.25, 0.3) is 0 Å². The molecule has 0 heterocycles. The fraction of sp³-hybridized carbons (Fsp3) is 0.743. The van der Waals surface area contributed by atoms with Gasteiger partial charge in [-0.2, -0.15) is 0 Å². The summed E-state index contributed by atoms with van der Waals surface area (Å²) in [5.74, 6) is -0.659. The molecule has 0 aliphatic heterocycles. The highest BCUT2D eigenvalue weighted by Crippen LogP contribution is 2.58. The second-order valence-electron chi connectivity index (χ2n) is 15.7. The van der Waals surface area contributed by atoms with E-state index in [2.05, 4.69) is 19.7 Å². The maximum Gasteiger partial charge on any atom is 0.475 e. The predicted molar refractivity (Wildman–Crippen MR) is 189 cm³/mol. The summed E-state index contributed by atoms with van der Waals surface area (Å²) in [5.41, 5.74) is -5.38. The van der Waals surface area contributed by atoms with Gasteiger partial charge in [0.1, 0.15) is 24.6 Å². The van der Waals surface area contributed by atoms with Crippen LogP contribution in [0.4, 0.5) is 0 Å². The highest BCUT2D eigenvalue weighted by Gasteiger charge is 2.45. The van der Waals surface area contributed by atoms with Gasteiger partial charge in [0.25, 0.3) is 0 Å². The Balaban J connectivity index is 6.02. The van der Waals surface area contributed by atoms with Gasteiger partial charge in [-0.25, -0.2) is 4.57 Å².